The molecule has 2 aromatic carbocycles. The molecular formula is C11H8Cl2O2. The van der Waals surface area contributed by atoms with Gasteiger partial charge in [0.15, 0.2) is 0 Å². The number of carboxylic acids is 1. The fraction of sp³-hybridized carbons (Fsp3) is 0. The van der Waals surface area contributed by atoms with E-state index in [1.165, 1.54) is 0 Å². The maximum absolute atomic E-state index is 10.8. The second-order valence-electron chi connectivity index (χ2n) is 2.98. The number of carbonyl (C=O) groups is 1. The maximum Gasteiger partial charge on any atom is 0.337 e. The van der Waals surface area contributed by atoms with Crippen molar-refractivity contribution < 1.29 is 9.90 Å². The predicted molar refractivity (Wildman–Crippen MR) is 63.2 cm³/mol. The number of fused-ring (bicyclic) bond motifs is 1. The smallest absolute Gasteiger partial charge is 0.337 e. The number of hydrogen-bond donors (Lipinski definition) is 1. The molecule has 0 radical (unpaired) electrons. The van der Waals surface area contributed by atoms with Gasteiger partial charge >= 0.3 is 5.97 Å². The second kappa shape index (κ2) is 4.51. The fourth-order valence-electron chi connectivity index (χ4n) is 1.38. The SMILES string of the molecule is Cl.O=C(O)c1cc2ccccc2cc1Cl. The van der Waals surface area contributed by atoms with Gasteiger partial charge in [0.05, 0.1) is 10.6 Å². The minimum atomic E-state index is -0.999. The summed E-state index contributed by atoms with van der Waals surface area (Å²) in [4.78, 5) is 10.8. The zero-order valence-electron chi connectivity index (χ0n) is 7.61. The van der Waals surface area contributed by atoms with Crippen molar-refractivity contribution in [2.24, 2.45) is 0 Å². The quantitative estimate of drug-likeness (QED) is 0.830. The average Bonchev–Trinajstić information content (AvgIpc) is 2.16. The molecule has 0 aliphatic carbocycles. The van der Waals surface area contributed by atoms with Crippen LogP contribution in [-0.2, 0) is 0 Å². The average molecular weight is 243 g/mol. The number of halogens is 2. The molecule has 4 heteroatoms. The summed E-state index contributed by atoms with van der Waals surface area (Å²) >= 11 is 5.82. The number of carboxylic acid groups (broad SMARTS) is 1. The molecule has 0 heterocycles. The molecule has 0 saturated heterocycles. The normalized spacial score (nSPS) is 9.67. The lowest BCUT2D eigenvalue weighted by Crippen LogP contribution is -1.96. The van der Waals surface area contributed by atoms with Crippen LogP contribution in [0.3, 0.4) is 0 Å². The lowest BCUT2D eigenvalue weighted by molar-refractivity contribution is 0.0697. The Bertz CT molecular complexity index is 509. The van der Waals surface area contributed by atoms with E-state index in [2.05, 4.69) is 0 Å². The molecule has 2 nitrogen and oxygen atoms in total. The maximum atomic E-state index is 10.8. The third-order valence-corrected chi connectivity index (χ3v) is 2.38. The van der Waals surface area contributed by atoms with Gasteiger partial charge < -0.3 is 5.11 Å². The van der Waals surface area contributed by atoms with Crippen LogP contribution in [0.4, 0.5) is 0 Å². The standard InChI is InChI=1S/C11H7ClO2.ClH/c12-10-6-8-4-2-1-3-7(8)5-9(10)11(13)14;/h1-6H,(H,13,14);1H. The van der Waals surface area contributed by atoms with Crippen molar-refractivity contribution in [1.82, 2.24) is 0 Å². The van der Waals surface area contributed by atoms with E-state index in [0.29, 0.717) is 0 Å². The van der Waals surface area contributed by atoms with Crippen LogP contribution in [0, 0.1) is 0 Å². The van der Waals surface area contributed by atoms with Crippen molar-refractivity contribution >= 4 is 40.7 Å². The number of aromatic carboxylic acids is 1. The zero-order chi connectivity index (χ0) is 10.1. The van der Waals surface area contributed by atoms with E-state index >= 15 is 0 Å². The van der Waals surface area contributed by atoms with Gasteiger partial charge in [-0.15, -0.1) is 12.4 Å². The molecule has 0 atom stereocenters. The number of hydrogen-bond acceptors (Lipinski definition) is 1. The van der Waals surface area contributed by atoms with Crippen LogP contribution in [0.15, 0.2) is 36.4 Å². The molecule has 78 valence electrons. The minimum absolute atomic E-state index is 0. The van der Waals surface area contributed by atoms with Gasteiger partial charge in [0, 0.05) is 0 Å². The monoisotopic (exact) mass is 242 g/mol. The summed E-state index contributed by atoms with van der Waals surface area (Å²) in [5.74, 6) is -0.999. The largest absolute Gasteiger partial charge is 0.478 e. The fourth-order valence-corrected chi connectivity index (χ4v) is 1.63. The molecule has 0 aliphatic rings. The Hall–Kier alpha value is -1.25. The molecule has 0 aliphatic heterocycles. The van der Waals surface area contributed by atoms with Gasteiger partial charge in [0.25, 0.3) is 0 Å². The summed E-state index contributed by atoms with van der Waals surface area (Å²) in [7, 11) is 0. The zero-order valence-corrected chi connectivity index (χ0v) is 9.18. The first-order valence-electron chi connectivity index (χ1n) is 4.10. The predicted octanol–water partition coefficient (Wildman–Crippen LogP) is 3.61. The van der Waals surface area contributed by atoms with Gasteiger partial charge in [0.1, 0.15) is 0 Å². The molecule has 0 unspecified atom stereocenters. The summed E-state index contributed by atoms with van der Waals surface area (Å²) in [6.07, 6.45) is 0. The van der Waals surface area contributed by atoms with E-state index in [1.54, 1.807) is 12.1 Å². The van der Waals surface area contributed by atoms with E-state index in [4.69, 9.17) is 16.7 Å². The first-order chi connectivity index (χ1) is 6.68. The Morgan fingerprint density at radius 2 is 1.67 bits per heavy atom. The van der Waals surface area contributed by atoms with Crippen molar-refractivity contribution in [3.8, 4) is 0 Å². The molecule has 1 N–H and O–H groups in total. The number of benzene rings is 2. The van der Waals surface area contributed by atoms with Crippen LogP contribution in [0.25, 0.3) is 10.8 Å². The Labute approximate surface area is 97.9 Å². The summed E-state index contributed by atoms with van der Waals surface area (Å²) in [5, 5.41) is 10.9. The lowest BCUT2D eigenvalue weighted by Gasteiger charge is -2.01. The minimum Gasteiger partial charge on any atom is -0.478 e. The topological polar surface area (TPSA) is 37.3 Å². The molecule has 0 saturated carbocycles. The summed E-state index contributed by atoms with van der Waals surface area (Å²) in [6.45, 7) is 0. The molecule has 2 aromatic rings. The van der Waals surface area contributed by atoms with Crippen molar-refractivity contribution in [2.45, 2.75) is 0 Å². The molecule has 0 spiro atoms. The summed E-state index contributed by atoms with van der Waals surface area (Å²) in [6, 6.07) is 10.8. The highest BCUT2D eigenvalue weighted by Crippen LogP contribution is 2.23. The van der Waals surface area contributed by atoms with Crippen LogP contribution in [-0.4, -0.2) is 11.1 Å². The Balaban J connectivity index is 0.00000112. The van der Waals surface area contributed by atoms with Crippen molar-refractivity contribution in [3.05, 3.63) is 47.0 Å². The van der Waals surface area contributed by atoms with Crippen LogP contribution in [0.5, 0.6) is 0 Å². The first-order valence-corrected chi connectivity index (χ1v) is 4.48. The highest BCUT2D eigenvalue weighted by Gasteiger charge is 2.09. The third-order valence-electron chi connectivity index (χ3n) is 2.07. The van der Waals surface area contributed by atoms with Gasteiger partial charge in [-0.05, 0) is 22.9 Å². The Morgan fingerprint density at radius 1 is 1.13 bits per heavy atom. The number of rotatable bonds is 1. The van der Waals surface area contributed by atoms with Crippen molar-refractivity contribution in [1.29, 1.82) is 0 Å². The van der Waals surface area contributed by atoms with Gasteiger partial charge in [-0.25, -0.2) is 4.79 Å². The van der Waals surface area contributed by atoms with Crippen molar-refractivity contribution in [3.63, 3.8) is 0 Å². The molecule has 2 rings (SSSR count). The first kappa shape index (κ1) is 11.8. The lowest BCUT2D eigenvalue weighted by atomic mass is 10.1. The van der Waals surface area contributed by atoms with Gasteiger partial charge in [-0.2, -0.15) is 0 Å². The van der Waals surface area contributed by atoms with E-state index in [9.17, 15) is 4.79 Å². The van der Waals surface area contributed by atoms with Gasteiger partial charge in [-0.1, -0.05) is 35.9 Å². The highest BCUT2D eigenvalue weighted by molar-refractivity contribution is 6.34. The summed E-state index contributed by atoms with van der Waals surface area (Å²) < 4.78 is 0. The van der Waals surface area contributed by atoms with Crippen LogP contribution in [0.2, 0.25) is 5.02 Å². The Kier molecular flexibility index (Phi) is 3.56. The summed E-state index contributed by atoms with van der Waals surface area (Å²) in [5.41, 5.74) is 0.144. The van der Waals surface area contributed by atoms with E-state index in [0.717, 1.165) is 10.8 Å². The highest BCUT2D eigenvalue weighted by atomic mass is 35.5. The van der Waals surface area contributed by atoms with Gasteiger partial charge in [0.2, 0.25) is 0 Å². The molecule has 0 aromatic heterocycles. The molecule has 0 fully saturated rings. The molecule has 0 bridgehead atoms. The molecule has 0 amide bonds. The van der Waals surface area contributed by atoms with Crippen LogP contribution in [0.1, 0.15) is 10.4 Å². The van der Waals surface area contributed by atoms with E-state index in [-0.39, 0.29) is 23.0 Å². The molecule has 15 heavy (non-hydrogen) atoms. The van der Waals surface area contributed by atoms with E-state index < -0.39 is 5.97 Å². The second-order valence-corrected chi connectivity index (χ2v) is 3.39. The van der Waals surface area contributed by atoms with Gasteiger partial charge in [-0.3, -0.25) is 0 Å². The molecular weight excluding hydrogens is 235 g/mol. The Morgan fingerprint density at radius 3 is 2.20 bits per heavy atom. The van der Waals surface area contributed by atoms with Crippen molar-refractivity contribution in [2.75, 3.05) is 0 Å². The third kappa shape index (κ3) is 2.22. The van der Waals surface area contributed by atoms with Crippen LogP contribution >= 0.6 is 24.0 Å². The van der Waals surface area contributed by atoms with Crippen LogP contribution < -0.4 is 0 Å². The van der Waals surface area contributed by atoms with E-state index in [1.807, 2.05) is 24.3 Å².